The van der Waals surface area contributed by atoms with Crippen LogP contribution in [0.3, 0.4) is 0 Å². The number of hydrogen-bond donors (Lipinski definition) is 3. The van der Waals surface area contributed by atoms with Gasteiger partial charge in [0.25, 0.3) is 0 Å². The van der Waals surface area contributed by atoms with Crippen LogP contribution in [0.2, 0.25) is 0 Å². The summed E-state index contributed by atoms with van der Waals surface area (Å²) in [6.45, 7) is 1.23. The van der Waals surface area contributed by atoms with Crippen LogP contribution in [0.25, 0.3) is 0 Å². The van der Waals surface area contributed by atoms with Crippen LogP contribution in [0.1, 0.15) is 28.7 Å². The molecule has 0 heterocycles. The molecule has 1 aliphatic carbocycles. The molecule has 0 saturated carbocycles. The van der Waals surface area contributed by atoms with Crippen molar-refractivity contribution in [1.29, 1.82) is 0 Å². The summed E-state index contributed by atoms with van der Waals surface area (Å²) in [6, 6.07) is 13.8. The number of carbonyl (C=O) groups excluding carboxylic acids is 1. The second-order valence-corrected chi connectivity index (χ2v) is 6.44. The quantitative estimate of drug-likeness (QED) is 0.750. The smallest absolute Gasteiger partial charge is 0.244 e. The summed E-state index contributed by atoms with van der Waals surface area (Å²) in [7, 11) is 3.55. The Bertz CT molecular complexity index is 775. The zero-order valence-corrected chi connectivity index (χ0v) is 14.8. The predicted molar refractivity (Wildman–Crippen MR) is 98.2 cm³/mol. The predicted octanol–water partition coefficient (Wildman–Crippen LogP) is 1.83. The number of hydrogen-bond acceptors (Lipinski definition) is 4. The standard InChI is InChI=1S/C20H25N3O2/c1-22-12-14-6-3-4-7-15(14)13-23-19(24)20(21)11-10-16-17(20)8-5-9-18(16)25-2/h3-9,22H,10-13,21H2,1-2H3,(H,23,24). The van der Waals surface area contributed by atoms with Gasteiger partial charge < -0.3 is 21.1 Å². The molecule has 0 radical (unpaired) electrons. The fourth-order valence-corrected chi connectivity index (χ4v) is 3.55. The normalized spacial score (nSPS) is 18.7. The second-order valence-electron chi connectivity index (χ2n) is 6.44. The highest BCUT2D eigenvalue weighted by molar-refractivity contribution is 5.89. The van der Waals surface area contributed by atoms with Gasteiger partial charge in [-0.2, -0.15) is 0 Å². The lowest BCUT2D eigenvalue weighted by Crippen LogP contribution is -2.49. The van der Waals surface area contributed by atoms with Crippen molar-refractivity contribution < 1.29 is 9.53 Å². The topological polar surface area (TPSA) is 76.4 Å². The molecule has 2 aromatic carbocycles. The largest absolute Gasteiger partial charge is 0.496 e. The molecule has 4 N–H and O–H groups in total. The average molecular weight is 339 g/mol. The Morgan fingerprint density at radius 3 is 2.56 bits per heavy atom. The first kappa shape index (κ1) is 17.5. The van der Waals surface area contributed by atoms with Gasteiger partial charge in [-0.3, -0.25) is 4.79 Å². The SMILES string of the molecule is CNCc1ccccc1CNC(=O)C1(N)CCc2c(OC)cccc21. The minimum absolute atomic E-state index is 0.140. The Morgan fingerprint density at radius 1 is 1.16 bits per heavy atom. The van der Waals surface area contributed by atoms with E-state index < -0.39 is 5.54 Å². The lowest BCUT2D eigenvalue weighted by Gasteiger charge is -2.25. The summed E-state index contributed by atoms with van der Waals surface area (Å²) in [5, 5.41) is 6.18. The molecule has 132 valence electrons. The van der Waals surface area contributed by atoms with Crippen molar-refractivity contribution in [3.8, 4) is 5.75 Å². The van der Waals surface area contributed by atoms with Crippen molar-refractivity contribution in [2.45, 2.75) is 31.5 Å². The zero-order valence-electron chi connectivity index (χ0n) is 14.8. The van der Waals surface area contributed by atoms with Crippen LogP contribution < -0.4 is 21.1 Å². The van der Waals surface area contributed by atoms with Gasteiger partial charge >= 0.3 is 0 Å². The number of nitrogens with one attached hydrogen (secondary N) is 2. The second kappa shape index (κ2) is 7.25. The van der Waals surface area contributed by atoms with E-state index in [-0.39, 0.29) is 5.91 Å². The van der Waals surface area contributed by atoms with Crippen LogP contribution >= 0.6 is 0 Å². The van der Waals surface area contributed by atoms with Crippen LogP contribution in [0, 0.1) is 0 Å². The summed E-state index contributed by atoms with van der Waals surface area (Å²) < 4.78 is 5.41. The van der Waals surface area contributed by atoms with E-state index in [1.54, 1.807) is 7.11 Å². The van der Waals surface area contributed by atoms with E-state index in [0.29, 0.717) is 13.0 Å². The van der Waals surface area contributed by atoms with Gasteiger partial charge in [-0.15, -0.1) is 0 Å². The van der Waals surface area contributed by atoms with E-state index in [1.165, 1.54) is 5.56 Å². The van der Waals surface area contributed by atoms with Crippen LogP contribution in [0.4, 0.5) is 0 Å². The fourth-order valence-electron chi connectivity index (χ4n) is 3.55. The lowest BCUT2D eigenvalue weighted by atomic mass is 9.91. The van der Waals surface area contributed by atoms with E-state index in [1.807, 2.05) is 43.4 Å². The van der Waals surface area contributed by atoms with Gasteiger partial charge in [0.2, 0.25) is 5.91 Å². The maximum absolute atomic E-state index is 12.9. The van der Waals surface area contributed by atoms with Gasteiger partial charge in [0.1, 0.15) is 11.3 Å². The summed E-state index contributed by atoms with van der Waals surface area (Å²) in [5.41, 5.74) is 9.70. The molecule has 3 rings (SSSR count). The third-order valence-electron chi connectivity index (χ3n) is 4.93. The Kier molecular flexibility index (Phi) is 5.06. The van der Waals surface area contributed by atoms with Crippen molar-refractivity contribution in [2.75, 3.05) is 14.2 Å². The highest BCUT2D eigenvalue weighted by Gasteiger charge is 2.42. The molecule has 1 unspecified atom stereocenters. The molecule has 0 bridgehead atoms. The number of benzene rings is 2. The number of fused-ring (bicyclic) bond motifs is 1. The summed E-state index contributed by atoms with van der Waals surface area (Å²) in [5.74, 6) is 0.663. The molecular formula is C20H25N3O2. The number of rotatable bonds is 6. The molecule has 1 amide bonds. The van der Waals surface area contributed by atoms with Gasteiger partial charge in [-0.25, -0.2) is 0 Å². The first-order valence-corrected chi connectivity index (χ1v) is 8.55. The van der Waals surface area contributed by atoms with E-state index in [9.17, 15) is 4.79 Å². The minimum atomic E-state index is -0.998. The van der Waals surface area contributed by atoms with Crippen molar-refractivity contribution in [2.24, 2.45) is 5.73 Å². The van der Waals surface area contributed by atoms with E-state index >= 15 is 0 Å². The van der Waals surface area contributed by atoms with Gasteiger partial charge in [0, 0.05) is 13.1 Å². The molecule has 2 aromatic rings. The van der Waals surface area contributed by atoms with Crippen LogP contribution in [-0.4, -0.2) is 20.1 Å². The molecule has 1 aliphatic rings. The Labute approximate surface area is 148 Å². The van der Waals surface area contributed by atoms with Crippen LogP contribution in [0.15, 0.2) is 42.5 Å². The first-order chi connectivity index (χ1) is 12.1. The monoisotopic (exact) mass is 339 g/mol. The Morgan fingerprint density at radius 2 is 1.88 bits per heavy atom. The van der Waals surface area contributed by atoms with Crippen molar-refractivity contribution in [3.05, 3.63) is 64.7 Å². The van der Waals surface area contributed by atoms with Gasteiger partial charge in [-0.05, 0) is 48.2 Å². The molecule has 25 heavy (non-hydrogen) atoms. The maximum atomic E-state index is 12.9. The molecule has 0 aliphatic heterocycles. The van der Waals surface area contributed by atoms with Gasteiger partial charge in [0.15, 0.2) is 0 Å². The number of carbonyl (C=O) groups is 1. The molecule has 1 atom stereocenters. The van der Waals surface area contributed by atoms with Crippen molar-refractivity contribution in [3.63, 3.8) is 0 Å². The van der Waals surface area contributed by atoms with Crippen LogP contribution in [-0.2, 0) is 29.8 Å². The highest BCUT2D eigenvalue weighted by atomic mass is 16.5. The third kappa shape index (κ3) is 3.25. The molecule has 0 spiro atoms. The average Bonchev–Trinajstić information content (AvgIpc) is 2.99. The van der Waals surface area contributed by atoms with E-state index in [0.717, 1.165) is 35.4 Å². The Hall–Kier alpha value is -2.37. The van der Waals surface area contributed by atoms with Crippen molar-refractivity contribution in [1.82, 2.24) is 10.6 Å². The van der Waals surface area contributed by atoms with Gasteiger partial charge in [0.05, 0.1) is 7.11 Å². The third-order valence-corrected chi connectivity index (χ3v) is 4.93. The fraction of sp³-hybridized carbons (Fsp3) is 0.350. The molecule has 0 saturated heterocycles. The highest BCUT2D eigenvalue weighted by Crippen LogP contribution is 2.39. The molecule has 5 nitrogen and oxygen atoms in total. The van der Waals surface area contributed by atoms with Crippen LogP contribution in [0.5, 0.6) is 5.75 Å². The number of ether oxygens (including phenoxy) is 1. The summed E-state index contributed by atoms with van der Waals surface area (Å²) in [6.07, 6.45) is 1.34. The summed E-state index contributed by atoms with van der Waals surface area (Å²) >= 11 is 0. The number of nitrogens with two attached hydrogens (primary N) is 1. The number of amides is 1. The maximum Gasteiger partial charge on any atom is 0.244 e. The summed E-state index contributed by atoms with van der Waals surface area (Å²) in [4.78, 5) is 12.9. The van der Waals surface area contributed by atoms with E-state index in [4.69, 9.17) is 10.5 Å². The lowest BCUT2D eigenvalue weighted by molar-refractivity contribution is -0.126. The molecule has 5 heteroatoms. The minimum Gasteiger partial charge on any atom is -0.496 e. The molecule has 0 fully saturated rings. The molecule has 0 aromatic heterocycles. The van der Waals surface area contributed by atoms with E-state index in [2.05, 4.69) is 16.7 Å². The Balaban J connectivity index is 1.77. The van der Waals surface area contributed by atoms with Gasteiger partial charge in [-0.1, -0.05) is 36.4 Å². The first-order valence-electron chi connectivity index (χ1n) is 8.55. The zero-order chi connectivity index (χ0) is 17.9. The number of methoxy groups -OCH3 is 1. The molecular weight excluding hydrogens is 314 g/mol. The van der Waals surface area contributed by atoms with Crippen molar-refractivity contribution >= 4 is 5.91 Å².